The average Bonchev–Trinajstić information content (AvgIpc) is 3.18. The van der Waals surface area contributed by atoms with Gasteiger partial charge in [0.1, 0.15) is 5.92 Å². The molecule has 0 aromatic heterocycles. The molecule has 7 nitrogen and oxygen atoms in total. The van der Waals surface area contributed by atoms with E-state index in [2.05, 4.69) is 20.9 Å². The molecule has 0 bridgehead atoms. The van der Waals surface area contributed by atoms with Crippen molar-refractivity contribution in [3.8, 4) is 0 Å². The van der Waals surface area contributed by atoms with Crippen molar-refractivity contribution in [2.75, 3.05) is 12.1 Å². The van der Waals surface area contributed by atoms with E-state index in [0.29, 0.717) is 17.1 Å². The van der Waals surface area contributed by atoms with Gasteiger partial charge in [-0.1, -0.05) is 78.9 Å². The van der Waals surface area contributed by atoms with E-state index >= 15 is 0 Å². The van der Waals surface area contributed by atoms with Gasteiger partial charge >= 0.3 is 6.03 Å². The van der Waals surface area contributed by atoms with Crippen LogP contribution in [0.2, 0.25) is 0 Å². The van der Waals surface area contributed by atoms with Crippen LogP contribution >= 0.6 is 0 Å². The van der Waals surface area contributed by atoms with Crippen LogP contribution in [-0.4, -0.2) is 30.4 Å². The van der Waals surface area contributed by atoms with Crippen molar-refractivity contribution in [3.63, 3.8) is 0 Å². The fourth-order valence-electron chi connectivity index (χ4n) is 3.36. The minimum absolute atomic E-state index is 0.244. The van der Waals surface area contributed by atoms with E-state index in [-0.39, 0.29) is 5.91 Å². The summed E-state index contributed by atoms with van der Waals surface area (Å²) in [6.45, 7) is 0. The molecule has 4 rings (SSSR count). The maximum absolute atomic E-state index is 13.6. The molecule has 0 aliphatic carbocycles. The Morgan fingerprint density at radius 3 is 2.10 bits per heavy atom. The van der Waals surface area contributed by atoms with E-state index in [1.165, 1.54) is 12.1 Å². The highest BCUT2D eigenvalue weighted by atomic mass is 16.2. The van der Waals surface area contributed by atoms with E-state index in [0.717, 1.165) is 11.1 Å². The lowest BCUT2D eigenvalue weighted by Gasteiger charge is -2.17. The fraction of sp³-hybridized carbons (Fsp3) is 0.0833. The van der Waals surface area contributed by atoms with E-state index in [1.54, 1.807) is 0 Å². The Kier molecular flexibility index (Phi) is 5.84. The van der Waals surface area contributed by atoms with Crippen molar-refractivity contribution in [1.82, 2.24) is 10.7 Å². The van der Waals surface area contributed by atoms with Gasteiger partial charge in [-0.25, -0.2) is 10.2 Å². The number of rotatable bonds is 5. The number of hydrazone groups is 2. The maximum Gasteiger partial charge on any atom is 0.334 e. The Balaban J connectivity index is 1.84. The molecule has 2 N–H and O–H groups in total. The predicted octanol–water partition coefficient (Wildman–Crippen LogP) is 3.39. The predicted molar refractivity (Wildman–Crippen MR) is 121 cm³/mol. The van der Waals surface area contributed by atoms with Crippen LogP contribution in [0.5, 0.6) is 0 Å². The molecule has 31 heavy (non-hydrogen) atoms. The third-order valence-electron chi connectivity index (χ3n) is 4.86. The van der Waals surface area contributed by atoms with Crippen LogP contribution in [0.3, 0.4) is 0 Å². The summed E-state index contributed by atoms with van der Waals surface area (Å²) in [7, 11) is 1.50. The summed E-state index contributed by atoms with van der Waals surface area (Å²) in [4.78, 5) is 25.4. The van der Waals surface area contributed by atoms with E-state index in [1.807, 2.05) is 91.0 Å². The van der Waals surface area contributed by atoms with Crippen LogP contribution in [-0.2, 0) is 4.79 Å². The van der Waals surface area contributed by atoms with Crippen molar-refractivity contribution < 1.29 is 9.59 Å². The number of carbonyl (C=O) groups is 2. The minimum atomic E-state index is -0.790. The van der Waals surface area contributed by atoms with Gasteiger partial charge in [0.25, 0.3) is 5.91 Å². The normalized spacial score (nSPS) is 16.1. The lowest BCUT2D eigenvalue weighted by molar-refractivity contribution is -0.118. The number of hydrogen-bond donors (Lipinski definition) is 2. The summed E-state index contributed by atoms with van der Waals surface area (Å²) in [6, 6.07) is 27.6. The number of para-hydroxylation sites is 1. The topological polar surface area (TPSA) is 86.2 Å². The van der Waals surface area contributed by atoms with Crippen LogP contribution in [0, 0.1) is 5.92 Å². The second-order valence-corrected chi connectivity index (χ2v) is 6.82. The van der Waals surface area contributed by atoms with Crippen molar-refractivity contribution in [2.24, 2.45) is 16.1 Å². The summed E-state index contributed by atoms with van der Waals surface area (Å²) in [5.74, 6) is -1.03. The zero-order valence-corrected chi connectivity index (χ0v) is 16.9. The average molecular weight is 411 g/mol. The first-order chi connectivity index (χ1) is 15.2. The number of urea groups is 1. The molecule has 3 amide bonds. The molecule has 0 saturated heterocycles. The first-order valence-electron chi connectivity index (χ1n) is 9.82. The largest absolute Gasteiger partial charge is 0.340 e. The number of nitrogens with one attached hydrogen (secondary N) is 2. The Bertz CT molecular complexity index is 1130. The van der Waals surface area contributed by atoms with Gasteiger partial charge in [0.05, 0.1) is 17.1 Å². The molecule has 0 spiro atoms. The molecule has 1 atom stereocenters. The molecule has 1 heterocycles. The Morgan fingerprint density at radius 2 is 1.48 bits per heavy atom. The third kappa shape index (κ3) is 4.20. The van der Waals surface area contributed by atoms with Gasteiger partial charge in [-0.15, -0.1) is 0 Å². The molecular weight excluding hydrogens is 390 g/mol. The Labute approximate surface area is 180 Å². The van der Waals surface area contributed by atoms with Crippen molar-refractivity contribution in [3.05, 3.63) is 102 Å². The molecule has 0 saturated carbocycles. The molecule has 1 aliphatic rings. The quantitative estimate of drug-likeness (QED) is 0.498. The van der Waals surface area contributed by atoms with Gasteiger partial charge < -0.3 is 5.32 Å². The minimum Gasteiger partial charge on any atom is -0.340 e. The van der Waals surface area contributed by atoms with Gasteiger partial charge in [0.2, 0.25) is 0 Å². The van der Waals surface area contributed by atoms with Gasteiger partial charge in [-0.2, -0.15) is 15.2 Å². The highest BCUT2D eigenvalue weighted by Crippen LogP contribution is 2.29. The van der Waals surface area contributed by atoms with E-state index < -0.39 is 11.9 Å². The summed E-state index contributed by atoms with van der Waals surface area (Å²) in [5, 5.41) is 12.9. The Morgan fingerprint density at radius 1 is 0.903 bits per heavy atom. The molecule has 154 valence electrons. The van der Waals surface area contributed by atoms with Gasteiger partial charge in [-0.05, 0) is 23.3 Å². The number of carbonyl (C=O) groups excluding carboxylic acids is 2. The van der Waals surface area contributed by atoms with Crippen LogP contribution in [0.15, 0.2) is 101 Å². The maximum atomic E-state index is 13.6. The number of nitrogens with zero attached hydrogens (tertiary/aromatic N) is 3. The van der Waals surface area contributed by atoms with Crippen molar-refractivity contribution >= 4 is 29.0 Å². The molecular formula is C24H21N5O2. The lowest BCUT2D eigenvalue weighted by atomic mass is 9.88. The van der Waals surface area contributed by atoms with Gasteiger partial charge in [0, 0.05) is 7.05 Å². The van der Waals surface area contributed by atoms with E-state index in [9.17, 15) is 9.59 Å². The molecule has 1 aliphatic heterocycles. The number of hydrogen-bond acceptors (Lipinski definition) is 4. The second kappa shape index (κ2) is 9.04. The first-order valence-corrected chi connectivity index (χ1v) is 9.82. The number of anilines is 1. The van der Waals surface area contributed by atoms with Gasteiger partial charge in [0.15, 0.2) is 0 Å². The molecule has 1 unspecified atom stereocenters. The summed E-state index contributed by atoms with van der Waals surface area (Å²) < 4.78 is 0. The molecule has 3 aromatic carbocycles. The SMILES string of the molecule is CNC(=O)N/N=C(\c1ccccc1)C1C(=O)N(c2ccccc2)N=C1c1ccccc1. The second-order valence-electron chi connectivity index (χ2n) is 6.82. The highest BCUT2D eigenvalue weighted by molar-refractivity contribution is 6.35. The van der Waals surface area contributed by atoms with Crippen LogP contribution < -0.4 is 15.8 Å². The van der Waals surface area contributed by atoms with Crippen molar-refractivity contribution in [1.29, 1.82) is 0 Å². The smallest absolute Gasteiger partial charge is 0.334 e. The van der Waals surface area contributed by atoms with Gasteiger partial charge in [-0.3, -0.25) is 4.79 Å². The van der Waals surface area contributed by atoms with Crippen molar-refractivity contribution in [2.45, 2.75) is 0 Å². The molecule has 7 heteroatoms. The standard InChI is InChI=1S/C24H21N5O2/c1-25-24(31)27-26-21(17-11-5-2-6-12-17)20-22(18-13-7-3-8-14-18)28-29(23(20)30)19-15-9-4-10-16-19/h2-16,20H,1H3,(H2,25,27,31)/b26-21+. The fourth-order valence-corrected chi connectivity index (χ4v) is 3.36. The lowest BCUT2D eigenvalue weighted by Crippen LogP contribution is -2.37. The number of benzene rings is 3. The summed E-state index contributed by atoms with van der Waals surface area (Å²) in [5.41, 5.74) is 5.63. The monoisotopic (exact) mass is 411 g/mol. The molecule has 3 aromatic rings. The van der Waals surface area contributed by atoms with Crippen LogP contribution in [0.1, 0.15) is 11.1 Å². The zero-order chi connectivity index (χ0) is 21.6. The molecule has 0 fully saturated rings. The summed E-state index contributed by atoms with van der Waals surface area (Å²) >= 11 is 0. The zero-order valence-electron chi connectivity index (χ0n) is 16.9. The highest BCUT2D eigenvalue weighted by Gasteiger charge is 2.41. The van der Waals surface area contributed by atoms with Crippen LogP contribution in [0.4, 0.5) is 10.5 Å². The molecule has 0 radical (unpaired) electrons. The Hall–Kier alpha value is -4.26. The summed E-state index contributed by atoms with van der Waals surface area (Å²) in [6.07, 6.45) is 0. The van der Waals surface area contributed by atoms with E-state index in [4.69, 9.17) is 0 Å². The third-order valence-corrected chi connectivity index (χ3v) is 4.86. The number of amides is 3. The van der Waals surface area contributed by atoms with Crippen LogP contribution in [0.25, 0.3) is 0 Å². The first kappa shape index (κ1) is 20.0.